The monoisotopic (exact) mass is 533 g/mol. The summed E-state index contributed by atoms with van der Waals surface area (Å²) >= 11 is 0. The highest BCUT2D eigenvalue weighted by Crippen LogP contribution is 2.66. The van der Waals surface area contributed by atoms with Crippen molar-refractivity contribution in [2.24, 2.45) is 0 Å². The van der Waals surface area contributed by atoms with Gasteiger partial charge in [-0.1, -0.05) is 12.7 Å². The normalized spacial score (nSPS) is 29.6. The highest BCUT2D eigenvalue weighted by atomic mass is 31.3. The second kappa shape index (κ2) is 8.87. The van der Waals surface area contributed by atoms with E-state index < -0.39 is 54.1 Å². The van der Waals surface area contributed by atoms with E-state index in [-0.39, 0.29) is 17.0 Å². The van der Waals surface area contributed by atoms with Gasteiger partial charge in [-0.25, -0.2) is 28.6 Å². The molecule has 0 aliphatic carbocycles. The minimum absolute atomic E-state index is 0.0173. The Labute approximate surface area is 183 Å². The van der Waals surface area contributed by atoms with E-state index >= 15 is 0 Å². The molecule has 0 radical (unpaired) electrons. The molecule has 1 aliphatic heterocycles. The molecule has 33 heavy (non-hydrogen) atoms. The van der Waals surface area contributed by atoms with Gasteiger partial charge in [-0.3, -0.25) is 9.09 Å². The van der Waals surface area contributed by atoms with Gasteiger partial charge in [0.25, 0.3) is 0 Å². The van der Waals surface area contributed by atoms with Crippen LogP contribution >= 0.6 is 23.5 Å². The number of imidazole rings is 1. The first-order valence-electron chi connectivity index (χ1n) is 8.49. The number of rotatable bonds is 9. The van der Waals surface area contributed by atoms with Gasteiger partial charge in [0.05, 0.1) is 12.9 Å². The summed E-state index contributed by atoms with van der Waals surface area (Å²) in [5.41, 5.74) is 3.76. The summed E-state index contributed by atoms with van der Waals surface area (Å²) in [7, 11) is -16.8. The number of aliphatic hydroxyl groups is 2. The zero-order valence-electron chi connectivity index (χ0n) is 16.1. The summed E-state index contributed by atoms with van der Waals surface area (Å²) in [6.07, 6.45) is -1.61. The van der Waals surface area contributed by atoms with Gasteiger partial charge in [-0.05, 0) is 0 Å². The molecule has 6 atom stereocenters. The smallest absolute Gasteiger partial charge is 0.387 e. The minimum Gasteiger partial charge on any atom is -0.387 e. The number of anilines is 1. The van der Waals surface area contributed by atoms with Crippen LogP contribution in [0.1, 0.15) is 6.23 Å². The zero-order chi connectivity index (χ0) is 24.8. The van der Waals surface area contributed by atoms with E-state index in [1.165, 1.54) is 10.9 Å². The molecule has 0 amide bonds. The Kier molecular flexibility index (Phi) is 6.98. The van der Waals surface area contributed by atoms with Crippen LogP contribution < -0.4 is 5.73 Å². The number of phosphoric acid groups is 3. The van der Waals surface area contributed by atoms with E-state index in [4.69, 9.17) is 20.3 Å². The topological polar surface area (TPSA) is 279 Å². The molecule has 2 unspecified atom stereocenters. The molecule has 2 aromatic rings. The quantitative estimate of drug-likeness (QED) is 0.149. The van der Waals surface area contributed by atoms with Crippen molar-refractivity contribution >= 4 is 40.4 Å². The number of nitrogens with zero attached hydrogens (tertiary/aromatic N) is 4. The maximum absolute atomic E-state index is 11.9. The van der Waals surface area contributed by atoms with E-state index in [9.17, 15) is 33.7 Å². The summed E-state index contributed by atoms with van der Waals surface area (Å²) in [6, 6.07) is 0. The van der Waals surface area contributed by atoms with Crippen molar-refractivity contribution in [3.05, 3.63) is 25.3 Å². The van der Waals surface area contributed by atoms with Crippen LogP contribution in [0.2, 0.25) is 0 Å². The lowest BCUT2D eigenvalue weighted by Gasteiger charge is -2.28. The molecule has 0 bridgehead atoms. The largest absolute Gasteiger partial charge is 0.490 e. The molecule has 8 N–H and O–H groups in total. The number of hydrogen-bond donors (Lipinski definition) is 7. The molecule has 1 aliphatic rings. The van der Waals surface area contributed by atoms with Crippen molar-refractivity contribution < 1.29 is 61.4 Å². The molecular formula is C12H18N5O13P3. The first-order chi connectivity index (χ1) is 15.1. The lowest BCUT2D eigenvalue weighted by atomic mass is 9.94. The maximum atomic E-state index is 11.9. The molecule has 21 heteroatoms. The third-order valence-corrected chi connectivity index (χ3v) is 8.11. The van der Waals surface area contributed by atoms with Crippen molar-refractivity contribution in [3.8, 4) is 0 Å². The number of aliphatic hydroxyl groups excluding tert-OH is 1. The summed E-state index contributed by atoms with van der Waals surface area (Å²) in [5.74, 6) is 0.0173. The standard InChI is InChI=1S/C12H18N5O13P3/c1-2-12(19)8(18)6(3-27-32(23,24)30-33(25,26)29-31(20,21)22)28-11(12)17-5-16-7-9(13)14-4-15-10(7)17/h2,4-6,8,11,18-19H,1,3H2,(H,23,24)(H,25,26)(H2,13,14,15)(H2,20,21,22)/t6-,8-,11-,12-/m1/s1. The molecule has 0 aromatic carbocycles. The molecule has 3 heterocycles. The van der Waals surface area contributed by atoms with Crippen molar-refractivity contribution in [2.45, 2.75) is 24.0 Å². The van der Waals surface area contributed by atoms with Crippen LogP contribution in [0.15, 0.2) is 25.3 Å². The van der Waals surface area contributed by atoms with E-state index in [2.05, 4.69) is 34.7 Å². The number of fused-ring (bicyclic) bond motifs is 1. The van der Waals surface area contributed by atoms with E-state index in [1.807, 2.05) is 0 Å². The van der Waals surface area contributed by atoms with Gasteiger partial charge in [0.2, 0.25) is 0 Å². The van der Waals surface area contributed by atoms with Crippen LogP contribution in [0.3, 0.4) is 0 Å². The zero-order valence-corrected chi connectivity index (χ0v) is 18.8. The van der Waals surface area contributed by atoms with Crippen molar-refractivity contribution in [2.75, 3.05) is 12.3 Å². The summed E-state index contributed by atoms with van der Waals surface area (Å²) in [5, 5.41) is 21.4. The Bertz CT molecular complexity index is 1200. The number of ether oxygens (including phenoxy) is 1. The Hall–Kier alpha value is -1.62. The molecule has 18 nitrogen and oxygen atoms in total. The number of nitrogens with two attached hydrogens (primary N) is 1. The fourth-order valence-electron chi connectivity index (χ4n) is 2.95. The second-order valence-corrected chi connectivity index (χ2v) is 11.0. The number of nitrogen functional groups attached to an aromatic ring is 1. The van der Waals surface area contributed by atoms with Crippen LogP contribution in [0.5, 0.6) is 0 Å². The van der Waals surface area contributed by atoms with Crippen LogP contribution in [-0.4, -0.2) is 73.7 Å². The average molecular weight is 533 g/mol. The SMILES string of the molecule is C=C[C@@]1(O)[C@H](O)[C@@H](COP(=O)(O)OP(=O)(O)OP(=O)(O)O)O[C@H]1n1cnc2c(N)ncnc21. The molecule has 1 fully saturated rings. The van der Waals surface area contributed by atoms with Gasteiger partial charge in [0.15, 0.2) is 23.3 Å². The summed E-state index contributed by atoms with van der Waals surface area (Å²) < 4.78 is 52.4. The Morgan fingerprint density at radius 1 is 1.18 bits per heavy atom. The van der Waals surface area contributed by atoms with Gasteiger partial charge >= 0.3 is 23.5 Å². The molecule has 0 spiro atoms. The Morgan fingerprint density at radius 2 is 1.85 bits per heavy atom. The lowest BCUT2D eigenvalue weighted by Crippen LogP contribution is -2.45. The van der Waals surface area contributed by atoms with Crippen LogP contribution in [0, 0.1) is 0 Å². The number of hydrogen-bond acceptors (Lipinski definition) is 13. The molecule has 2 aromatic heterocycles. The van der Waals surface area contributed by atoms with Gasteiger partial charge < -0.3 is 40.3 Å². The van der Waals surface area contributed by atoms with Gasteiger partial charge in [0.1, 0.15) is 24.1 Å². The fraction of sp³-hybridized carbons (Fsp3) is 0.417. The van der Waals surface area contributed by atoms with Crippen molar-refractivity contribution in [1.82, 2.24) is 19.5 Å². The molecular weight excluding hydrogens is 515 g/mol. The lowest BCUT2D eigenvalue weighted by molar-refractivity contribution is -0.0768. The van der Waals surface area contributed by atoms with Gasteiger partial charge in [-0.2, -0.15) is 8.62 Å². The van der Waals surface area contributed by atoms with Gasteiger partial charge in [0, 0.05) is 0 Å². The minimum atomic E-state index is -5.74. The van der Waals surface area contributed by atoms with E-state index in [1.54, 1.807) is 0 Å². The predicted molar refractivity (Wildman–Crippen MR) is 105 cm³/mol. The third kappa shape index (κ3) is 5.55. The first-order valence-corrected chi connectivity index (χ1v) is 13.0. The van der Waals surface area contributed by atoms with Gasteiger partial charge in [-0.15, -0.1) is 0 Å². The van der Waals surface area contributed by atoms with Crippen molar-refractivity contribution in [1.29, 1.82) is 0 Å². The van der Waals surface area contributed by atoms with Crippen molar-refractivity contribution in [3.63, 3.8) is 0 Å². The number of aromatic nitrogens is 4. The first kappa shape index (κ1) is 26.0. The Balaban J connectivity index is 1.79. The summed E-state index contributed by atoms with van der Waals surface area (Å²) in [6.45, 7) is 2.42. The van der Waals surface area contributed by atoms with Crippen LogP contribution in [-0.2, 0) is 31.6 Å². The average Bonchev–Trinajstić information content (AvgIpc) is 3.18. The van der Waals surface area contributed by atoms with E-state index in [0.717, 1.165) is 12.4 Å². The van der Waals surface area contributed by atoms with E-state index in [0.29, 0.717) is 0 Å². The number of phosphoric ester groups is 1. The van der Waals surface area contributed by atoms with Crippen LogP contribution in [0.4, 0.5) is 5.82 Å². The highest BCUT2D eigenvalue weighted by molar-refractivity contribution is 7.66. The molecule has 1 saturated heterocycles. The molecule has 3 rings (SSSR count). The highest BCUT2D eigenvalue weighted by Gasteiger charge is 2.55. The fourth-order valence-corrected chi connectivity index (χ4v) is 5.98. The Morgan fingerprint density at radius 3 is 2.45 bits per heavy atom. The van der Waals surface area contributed by atoms with Crippen LogP contribution in [0.25, 0.3) is 11.2 Å². The second-order valence-electron chi connectivity index (χ2n) is 6.53. The predicted octanol–water partition coefficient (Wildman–Crippen LogP) is -1.07. The molecule has 184 valence electrons. The maximum Gasteiger partial charge on any atom is 0.490 e. The summed E-state index contributed by atoms with van der Waals surface area (Å²) in [4.78, 5) is 47.6. The molecule has 0 saturated carbocycles. The third-order valence-electron chi connectivity index (χ3n) is 4.31.